The predicted molar refractivity (Wildman–Crippen MR) is 279 cm³/mol. The summed E-state index contributed by atoms with van der Waals surface area (Å²) >= 11 is 0. The zero-order valence-electron chi connectivity index (χ0n) is 42.7. The summed E-state index contributed by atoms with van der Waals surface area (Å²) in [6, 6.07) is 0. The van der Waals surface area contributed by atoms with Crippen LogP contribution in [0.4, 0.5) is 0 Å². The van der Waals surface area contributed by atoms with Gasteiger partial charge in [0.2, 0.25) is 0 Å². The molecule has 66 heavy (non-hydrogen) atoms. The van der Waals surface area contributed by atoms with Gasteiger partial charge < -0.3 is 24.6 Å². The summed E-state index contributed by atoms with van der Waals surface area (Å²) in [5, 5.41) is 18.4. The molecule has 0 bridgehead atoms. The molecule has 3 atom stereocenters. The summed E-state index contributed by atoms with van der Waals surface area (Å²) < 4.78 is 33.6. The molecule has 0 fully saturated rings. The lowest BCUT2D eigenvalue weighted by molar-refractivity contribution is -0.154. The van der Waals surface area contributed by atoms with E-state index in [0.29, 0.717) is 6.61 Å². The molecule has 0 aliphatic heterocycles. The number of phosphoric acid groups is 1. The van der Waals surface area contributed by atoms with Gasteiger partial charge in [-0.3, -0.25) is 13.8 Å². The van der Waals surface area contributed by atoms with Crippen LogP contribution < -0.4 is 0 Å². The normalized spacial score (nSPS) is 14.2. The van der Waals surface area contributed by atoms with Crippen LogP contribution in [0.3, 0.4) is 0 Å². The number of phosphoric ester groups is 1. The second-order valence-electron chi connectivity index (χ2n) is 18.2. The van der Waals surface area contributed by atoms with E-state index in [9.17, 15) is 19.4 Å². The maximum absolute atomic E-state index is 12.7. The molecule has 0 radical (unpaired) electrons. The van der Waals surface area contributed by atoms with E-state index in [-0.39, 0.29) is 25.6 Å². The van der Waals surface area contributed by atoms with Gasteiger partial charge in [-0.05, 0) is 83.5 Å². The molecule has 386 valence electrons. The van der Waals surface area contributed by atoms with Gasteiger partial charge in [-0.25, -0.2) is 4.57 Å². The van der Waals surface area contributed by atoms with Crippen molar-refractivity contribution < 1.29 is 43.0 Å². The van der Waals surface area contributed by atoms with E-state index < -0.39 is 33.2 Å². The molecule has 0 spiro atoms. The van der Waals surface area contributed by atoms with Crippen LogP contribution in [-0.2, 0) is 27.9 Å². The van der Waals surface area contributed by atoms with Gasteiger partial charge in [-0.1, -0.05) is 216 Å². The monoisotopic (exact) mass is 951 g/mol. The molecular formula is C56H103O9P. The highest BCUT2D eigenvalue weighted by atomic mass is 31.2. The van der Waals surface area contributed by atoms with Crippen molar-refractivity contribution in [2.24, 2.45) is 0 Å². The molecule has 0 heterocycles. The number of allylic oxidation sites excluding steroid dienone is 10. The summed E-state index contributed by atoms with van der Waals surface area (Å²) in [5.74, 6) is -0.390. The third-order valence-electron chi connectivity index (χ3n) is 11.7. The second-order valence-corrected chi connectivity index (χ2v) is 19.7. The zero-order chi connectivity index (χ0) is 48.1. The number of rotatable bonds is 52. The van der Waals surface area contributed by atoms with Crippen molar-refractivity contribution in [1.82, 2.24) is 0 Å². The van der Waals surface area contributed by atoms with Gasteiger partial charge in [0.15, 0.2) is 0 Å². The van der Waals surface area contributed by atoms with Crippen LogP contribution in [0.1, 0.15) is 245 Å². The first-order chi connectivity index (χ1) is 32.3. The first kappa shape index (κ1) is 64.2. The molecule has 0 aromatic rings. The molecule has 0 aromatic carbocycles. The van der Waals surface area contributed by atoms with Crippen molar-refractivity contribution in [2.45, 2.75) is 257 Å². The molecule has 3 N–H and O–H groups in total. The van der Waals surface area contributed by atoms with E-state index in [1.54, 1.807) is 0 Å². The Bertz CT molecular complexity index is 1220. The highest BCUT2D eigenvalue weighted by molar-refractivity contribution is 7.47. The Balaban J connectivity index is 4.08. The van der Waals surface area contributed by atoms with E-state index in [0.717, 1.165) is 70.6 Å². The predicted octanol–water partition coefficient (Wildman–Crippen LogP) is 16.3. The minimum absolute atomic E-state index is 0.0428. The SMILES string of the molecule is CCCCCCC/C=C\C/C=C\C/C=C\CCCCCCCCCCC(=O)OC(COCCCCCCCCCCCC/C=C\C/C=C\CCCCCCC)COP(=O)(O)OCC(O)CO. The molecule has 0 saturated carbocycles. The first-order valence-electron chi connectivity index (χ1n) is 27.3. The van der Waals surface area contributed by atoms with E-state index in [1.807, 2.05) is 0 Å². The van der Waals surface area contributed by atoms with Gasteiger partial charge in [0.1, 0.15) is 12.2 Å². The highest BCUT2D eigenvalue weighted by Gasteiger charge is 2.26. The van der Waals surface area contributed by atoms with Crippen LogP contribution in [0.5, 0.6) is 0 Å². The van der Waals surface area contributed by atoms with Crippen LogP contribution in [0.2, 0.25) is 0 Å². The Morgan fingerprint density at radius 1 is 0.470 bits per heavy atom. The van der Waals surface area contributed by atoms with Crippen LogP contribution >= 0.6 is 7.82 Å². The number of ether oxygens (including phenoxy) is 2. The average molecular weight is 951 g/mol. The summed E-state index contributed by atoms with van der Waals surface area (Å²) in [6.07, 6.45) is 63.3. The molecular weight excluding hydrogens is 848 g/mol. The molecule has 0 saturated heterocycles. The lowest BCUT2D eigenvalue weighted by atomic mass is 10.1. The van der Waals surface area contributed by atoms with Gasteiger partial charge in [-0.15, -0.1) is 0 Å². The summed E-state index contributed by atoms with van der Waals surface area (Å²) in [4.78, 5) is 22.7. The minimum atomic E-state index is -4.53. The Hall–Kier alpha value is -1.84. The smallest absolute Gasteiger partial charge is 0.457 e. The van der Waals surface area contributed by atoms with Gasteiger partial charge >= 0.3 is 13.8 Å². The first-order valence-corrected chi connectivity index (χ1v) is 28.8. The van der Waals surface area contributed by atoms with Gasteiger partial charge in [-0.2, -0.15) is 0 Å². The van der Waals surface area contributed by atoms with Crippen LogP contribution in [-0.4, -0.2) is 66.3 Å². The lowest BCUT2D eigenvalue weighted by Crippen LogP contribution is -2.29. The molecule has 0 aliphatic rings. The zero-order valence-corrected chi connectivity index (χ0v) is 43.6. The van der Waals surface area contributed by atoms with Crippen molar-refractivity contribution >= 4 is 13.8 Å². The molecule has 0 aromatic heterocycles. The number of aliphatic hydroxyl groups excluding tert-OH is 2. The Morgan fingerprint density at radius 3 is 1.23 bits per heavy atom. The largest absolute Gasteiger partial charge is 0.472 e. The number of esters is 1. The fourth-order valence-electron chi connectivity index (χ4n) is 7.51. The molecule has 0 rings (SSSR count). The number of hydrogen-bond acceptors (Lipinski definition) is 8. The van der Waals surface area contributed by atoms with Crippen molar-refractivity contribution in [3.63, 3.8) is 0 Å². The molecule has 0 aliphatic carbocycles. The lowest BCUT2D eigenvalue weighted by Gasteiger charge is -2.20. The number of hydrogen-bond donors (Lipinski definition) is 3. The van der Waals surface area contributed by atoms with Crippen LogP contribution in [0, 0.1) is 0 Å². The van der Waals surface area contributed by atoms with Crippen LogP contribution in [0.15, 0.2) is 60.8 Å². The van der Waals surface area contributed by atoms with Gasteiger partial charge in [0, 0.05) is 13.0 Å². The number of aliphatic hydroxyl groups is 2. The fourth-order valence-corrected chi connectivity index (χ4v) is 8.30. The third-order valence-corrected chi connectivity index (χ3v) is 12.6. The molecule has 3 unspecified atom stereocenters. The number of carbonyl (C=O) groups is 1. The Labute approximate surface area is 406 Å². The van der Waals surface area contributed by atoms with E-state index in [4.69, 9.17) is 23.6 Å². The maximum atomic E-state index is 12.7. The second kappa shape index (κ2) is 52.5. The minimum Gasteiger partial charge on any atom is -0.457 e. The number of unbranched alkanes of at least 4 members (excludes halogenated alkanes) is 28. The topological polar surface area (TPSA) is 132 Å². The van der Waals surface area contributed by atoms with Crippen molar-refractivity contribution in [2.75, 3.05) is 33.0 Å². The van der Waals surface area contributed by atoms with Crippen molar-refractivity contribution in [3.05, 3.63) is 60.8 Å². The summed E-state index contributed by atoms with van der Waals surface area (Å²) in [6.45, 7) is 3.51. The highest BCUT2D eigenvalue weighted by Crippen LogP contribution is 2.43. The molecule has 9 nitrogen and oxygen atoms in total. The van der Waals surface area contributed by atoms with E-state index >= 15 is 0 Å². The van der Waals surface area contributed by atoms with Gasteiger partial charge in [0.05, 0.1) is 26.4 Å². The third kappa shape index (κ3) is 51.5. The van der Waals surface area contributed by atoms with E-state index in [2.05, 4.69) is 74.6 Å². The van der Waals surface area contributed by atoms with Crippen LogP contribution in [0.25, 0.3) is 0 Å². The van der Waals surface area contributed by atoms with E-state index in [1.165, 1.54) is 154 Å². The number of carbonyl (C=O) groups excluding carboxylic acids is 1. The standard InChI is InChI=1S/C56H103O9P/c1-3-5-7-9-11-13-15-17-19-21-23-25-27-28-30-32-34-36-38-40-42-44-46-48-56(59)65-55(53-64-66(60,61)63-51-54(58)50-57)52-62-49-47-45-43-41-39-37-35-33-31-29-26-24-22-20-18-16-14-12-10-8-6-4-2/h15-18,21-24,27-28,54-55,57-58H,3-14,19-20,25-26,29-53H2,1-2H3,(H,60,61)/b17-15-,18-16-,23-21-,24-22-,28-27-. The Morgan fingerprint density at radius 2 is 0.818 bits per heavy atom. The van der Waals surface area contributed by atoms with Crippen molar-refractivity contribution in [1.29, 1.82) is 0 Å². The maximum Gasteiger partial charge on any atom is 0.472 e. The fraction of sp³-hybridized carbons (Fsp3) is 0.804. The molecule has 0 amide bonds. The quantitative estimate of drug-likeness (QED) is 0.0236. The average Bonchev–Trinajstić information content (AvgIpc) is 3.31. The summed E-state index contributed by atoms with van der Waals surface area (Å²) in [7, 11) is -4.53. The Kier molecular flexibility index (Phi) is 51.1. The van der Waals surface area contributed by atoms with Crippen molar-refractivity contribution in [3.8, 4) is 0 Å². The van der Waals surface area contributed by atoms with Gasteiger partial charge in [0.25, 0.3) is 0 Å². The summed E-state index contributed by atoms with van der Waals surface area (Å²) in [5.41, 5.74) is 0. The molecule has 10 heteroatoms.